The van der Waals surface area contributed by atoms with Crippen LogP contribution in [-0.4, -0.2) is 99.5 Å². The zero-order valence-electron chi connectivity index (χ0n) is 46.0. The van der Waals surface area contributed by atoms with Crippen molar-refractivity contribution >= 4 is 98.8 Å². The number of halogens is 3. The van der Waals surface area contributed by atoms with Crippen LogP contribution < -0.4 is 28.4 Å². The van der Waals surface area contributed by atoms with Gasteiger partial charge in [-0.3, -0.25) is 0 Å². The third kappa shape index (κ3) is 15.9. The molecule has 3 atom stereocenters. The summed E-state index contributed by atoms with van der Waals surface area (Å²) in [4.78, 5) is 40.0. The number of hydrogen-bond acceptors (Lipinski definition) is 15. The number of carbonyl (C=O) groups is 3. The Hall–Kier alpha value is -10.2. The number of hydrogen-bond donors (Lipinski definition) is 3. The van der Waals surface area contributed by atoms with Crippen molar-refractivity contribution in [1.29, 1.82) is 0 Å². The molecule has 0 aliphatic carbocycles. The van der Waals surface area contributed by atoms with E-state index in [1.807, 2.05) is 72.8 Å². The van der Waals surface area contributed by atoms with Gasteiger partial charge in [-0.1, -0.05) is 143 Å². The van der Waals surface area contributed by atoms with Crippen molar-refractivity contribution in [3.05, 3.63) is 230 Å². The van der Waals surface area contributed by atoms with Gasteiger partial charge < -0.3 is 43.7 Å². The number of benzene rings is 9. The molecule has 0 aliphatic rings. The van der Waals surface area contributed by atoms with Gasteiger partial charge in [-0.2, -0.15) is 0 Å². The summed E-state index contributed by atoms with van der Waals surface area (Å²) < 4.78 is 36.2. The summed E-state index contributed by atoms with van der Waals surface area (Å²) in [6, 6.07) is 58.3. The smallest absolute Gasteiger partial charge is 0.349 e. The number of nitrogens with zero attached hydrogens (tertiary/aromatic N) is 9. The molecular formula is C66H60Br3N9O12. The van der Waals surface area contributed by atoms with Gasteiger partial charge in [0.25, 0.3) is 0 Å². The number of fused-ring (bicyclic) bond motifs is 3. The summed E-state index contributed by atoms with van der Waals surface area (Å²) in [5, 5.41) is 56.0. The van der Waals surface area contributed by atoms with E-state index in [4.69, 9.17) is 28.4 Å². The minimum atomic E-state index is -1.19. The van der Waals surface area contributed by atoms with Crippen LogP contribution in [-0.2, 0) is 14.4 Å². The van der Waals surface area contributed by atoms with Crippen molar-refractivity contribution in [2.75, 3.05) is 21.3 Å². The van der Waals surface area contributed by atoms with E-state index in [2.05, 4.69) is 78.4 Å². The number of aliphatic carboxylic acids is 3. The predicted molar refractivity (Wildman–Crippen MR) is 352 cm³/mol. The highest BCUT2D eigenvalue weighted by Crippen LogP contribution is 2.36. The van der Waals surface area contributed by atoms with Crippen LogP contribution in [0.1, 0.15) is 57.3 Å². The Bertz CT molecular complexity index is 3870. The molecule has 3 aromatic heterocycles. The fourth-order valence-corrected chi connectivity index (χ4v) is 9.41. The van der Waals surface area contributed by atoms with Crippen molar-refractivity contribution in [3.63, 3.8) is 0 Å². The van der Waals surface area contributed by atoms with Crippen molar-refractivity contribution in [2.24, 2.45) is 0 Å². The van der Waals surface area contributed by atoms with Crippen molar-refractivity contribution in [3.8, 4) is 51.6 Å². The Labute approximate surface area is 542 Å². The van der Waals surface area contributed by atoms with Crippen molar-refractivity contribution in [1.82, 2.24) is 45.0 Å². The molecule has 3 N–H and O–H groups in total. The normalized spacial score (nSPS) is 11.5. The number of rotatable bonds is 18. The molecule has 90 heavy (non-hydrogen) atoms. The highest BCUT2D eigenvalue weighted by atomic mass is 79.9. The Morgan fingerprint density at radius 2 is 0.556 bits per heavy atom. The van der Waals surface area contributed by atoms with Crippen LogP contribution in [0.4, 0.5) is 0 Å². The van der Waals surface area contributed by atoms with Gasteiger partial charge in [0.2, 0.25) is 18.3 Å². The second kappa shape index (κ2) is 30.6. The third-order valence-electron chi connectivity index (χ3n) is 12.9. The molecule has 0 bridgehead atoms. The summed E-state index contributed by atoms with van der Waals surface area (Å²) in [5.74, 6) is -0.630. The molecule has 0 fully saturated rings. The first kappa shape index (κ1) is 67.3. The summed E-state index contributed by atoms with van der Waals surface area (Å²) in [6.07, 6.45) is -3.58. The lowest BCUT2D eigenvalue weighted by atomic mass is 10.1. The summed E-state index contributed by atoms with van der Waals surface area (Å²) in [6.45, 7) is 0. The lowest BCUT2D eigenvalue weighted by Gasteiger charge is -2.18. The molecule has 0 saturated carbocycles. The second-order valence-corrected chi connectivity index (χ2v) is 21.3. The maximum Gasteiger partial charge on any atom is 0.349 e. The Balaban J connectivity index is 0.000000189. The van der Waals surface area contributed by atoms with Crippen LogP contribution in [0.15, 0.2) is 214 Å². The van der Waals surface area contributed by atoms with E-state index in [0.717, 1.165) is 13.4 Å². The lowest BCUT2D eigenvalue weighted by Crippen LogP contribution is -2.19. The second-order valence-electron chi connectivity index (χ2n) is 18.6. The first-order valence-corrected chi connectivity index (χ1v) is 28.5. The Morgan fingerprint density at radius 3 is 0.744 bits per heavy atom. The molecular weight excluding hydrogens is 1350 g/mol. The van der Waals surface area contributed by atoms with Gasteiger partial charge in [0.05, 0.1) is 21.3 Å². The van der Waals surface area contributed by atoms with Crippen LogP contribution in [0.5, 0.6) is 34.5 Å². The van der Waals surface area contributed by atoms with E-state index < -0.39 is 36.2 Å². The van der Waals surface area contributed by atoms with E-state index in [9.17, 15) is 29.7 Å². The van der Waals surface area contributed by atoms with Crippen molar-refractivity contribution in [2.45, 2.75) is 40.6 Å². The molecule has 21 nitrogen and oxygen atoms in total. The van der Waals surface area contributed by atoms with Gasteiger partial charge in [-0.15, -0.1) is 45.0 Å². The summed E-state index contributed by atoms with van der Waals surface area (Å²) >= 11 is 10.1. The number of ether oxygens (including phenoxy) is 6. The molecule has 3 unspecified atom stereocenters. The number of carboxylic acids is 3. The fraction of sp³-hybridized carbons (Fsp3) is 0.136. The number of methoxy groups -OCH3 is 3. The standard InChI is InChI=1S/3C21H16BrN3O4.3CH4/c3*1-28-15-10-11-19(29-20(21(26)27)13-6-8-14(22)9-7-13)18(12-15)25-23-16-4-2-3-5-17(16)24-25;;;/h3*2-12,20H,1H3,(H,26,27);3*1H4. The molecule has 462 valence electrons. The minimum absolute atomic E-state index is 0. The maximum atomic E-state index is 11.9. The van der Waals surface area contributed by atoms with Crippen molar-refractivity contribution < 1.29 is 58.1 Å². The SMILES string of the molecule is C.C.C.COc1ccc(OC(C(=O)O)c2ccc(Br)cc2)c(-n2nc3ccccc3n2)c1.COc1ccc(OC(C(=O)O)c2ccc(Br)cc2)c(-n2nc3ccccc3n2)c1.COc1ccc(OC(C(=O)O)c2ccc(Br)cc2)c(-n2nc3ccccc3n2)c1. The molecule has 0 radical (unpaired) electrons. The fourth-order valence-electron chi connectivity index (χ4n) is 8.62. The molecule has 0 spiro atoms. The van der Waals surface area contributed by atoms with E-state index in [-0.39, 0.29) is 22.3 Å². The molecule has 0 saturated heterocycles. The molecule has 9 aromatic carbocycles. The predicted octanol–water partition coefficient (Wildman–Crippen LogP) is 15.1. The van der Waals surface area contributed by atoms with Gasteiger partial charge in [0.1, 0.15) is 84.7 Å². The van der Waals surface area contributed by atoms with Crippen LogP contribution in [0.3, 0.4) is 0 Å². The Kier molecular flexibility index (Phi) is 22.9. The number of aromatic nitrogens is 9. The van der Waals surface area contributed by atoms with Crippen LogP contribution in [0.25, 0.3) is 50.2 Å². The van der Waals surface area contributed by atoms with E-state index in [1.165, 1.54) is 14.4 Å². The minimum Gasteiger partial charge on any atom is -0.497 e. The van der Waals surface area contributed by atoms with Gasteiger partial charge in [-0.25, -0.2) is 14.4 Å². The monoisotopic (exact) mass is 1410 g/mol. The molecule has 12 aromatic rings. The first-order valence-electron chi connectivity index (χ1n) is 26.1. The topological polar surface area (TPSA) is 259 Å². The average Bonchev–Trinajstić information content (AvgIpc) is 1.65. The van der Waals surface area contributed by atoms with Gasteiger partial charge >= 0.3 is 17.9 Å². The lowest BCUT2D eigenvalue weighted by molar-refractivity contribution is -0.146. The number of carboxylic acid groups (broad SMARTS) is 3. The van der Waals surface area contributed by atoms with E-state index >= 15 is 0 Å². The van der Waals surface area contributed by atoms with Gasteiger partial charge in [0, 0.05) is 48.3 Å². The zero-order valence-corrected chi connectivity index (χ0v) is 50.7. The molecule has 12 rings (SSSR count). The van der Waals surface area contributed by atoms with Crippen LogP contribution in [0.2, 0.25) is 0 Å². The Morgan fingerprint density at radius 1 is 0.344 bits per heavy atom. The highest BCUT2D eigenvalue weighted by Gasteiger charge is 2.28. The van der Waals surface area contributed by atoms with E-state index in [0.29, 0.717) is 101 Å². The van der Waals surface area contributed by atoms with Crippen LogP contribution in [0, 0.1) is 0 Å². The molecule has 24 heteroatoms. The largest absolute Gasteiger partial charge is 0.497 e. The van der Waals surface area contributed by atoms with Gasteiger partial charge in [-0.05, 0) is 109 Å². The quantitative estimate of drug-likeness (QED) is 0.0721. The summed E-state index contributed by atoms with van der Waals surface area (Å²) in [5.41, 5.74) is 7.24. The average molecular weight is 1410 g/mol. The summed E-state index contributed by atoms with van der Waals surface area (Å²) in [7, 11) is 4.65. The molecule has 0 amide bonds. The highest BCUT2D eigenvalue weighted by molar-refractivity contribution is 9.11. The maximum absolute atomic E-state index is 11.9. The van der Waals surface area contributed by atoms with E-state index in [1.54, 1.807) is 149 Å². The third-order valence-corrected chi connectivity index (χ3v) is 14.5. The van der Waals surface area contributed by atoms with Gasteiger partial charge in [0.15, 0.2) is 0 Å². The van der Waals surface area contributed by atoms with Crippen LogP contribution >= 0.6 is 47.8 Å². The zero-order chi connectivity index (χ0) is 61.1. The molecule has 0 aliphatic heterocycles. The molecule has 3 heterocycles. The first-order chi connectivity index (χ1) is 42.1.